The maximum Gasteiger partial charge on any atom is 0.410 e. The molecule has 1 aliphatic carbocycles. The van der Waals surface area contributed by atoms with Crippen molar-refractivity contribution in [3.63, 3.8) is 0 Å². The summed E-state index contributed by atoms with van der Waals surface area (Å²) in [6.07, 6.45) is 3.71. The fourth-order valence-corrected chi connectivity index (χ4v) is 5.16. The van der Waals surface area contributed by atoms with Crippen molar-refractivity contribution in [1.29, 1.82) is 0 Å². The fourth-order valence-electron chi connectivity index (χ4n) is 4.11. The van der Waals surface area contributed by atoms with Gasteiger partial charge in [0.15, 0.2) is 8.32 Å². The fraction of sp³-hybridized carbons (Fsp3) is 0.583. The van der Waals surface area contributed by atoms with Gasteiger partial charge >= 0.3 is 12.1 Å². The molecule has 1 unspecified atom stereocenters. The van der Waals surface area contributed by atoms with Crippen molar-refractivity contribution in [2.45, 2.75) is 51.6 Å². The zero-order chi connectivity index (χ0) is 22.8. The van der Waals surface area contributed by atoms with Gasteiger partial charge in [0.2, 0.25) is 0 Å². The van der Waals surface area contributed by atoms with Crippen LogP contribution >= 0.6 is 0 Å². The Morgan fingerprint density at radius 3 is 2.42 bits per heavy atom. The number of carbonyl (C=O) groups is 2. The number of ether oxygens (including phenoxy) is 2. The molecule has 31 heavy (non-hydrogen) atoms. The van der Waals surface area contributed by atoms with Crippen LogP contribution in [0.5, 0.6) is 0 Å². The molecule has 6 nitrogen and oxygen atoms in total. The highest BCUT2D eigenvalue weighted by molar-refractivity contribution is 6.74. The molecule has 1 saturated heterocycles. The van der Waals surface area contributed by atoms with E-state index in [1.165, 1.54) is 7.11 Å². The van der Waals surface area contributed by atoms with Crippen LogP contribution in [-0.4, -0.2) is 51.6 Å². The number of rotatable bonds is 6. The summed E-state index contributed by atoms with van der Waals surface area (Å²) < 4.78 is 17.2. The highest BCUT2D eigenvalue weighted by Gasteiger charge is 2.51. The molecule has 0 saturated carbocycles. The van der Waals surface area contributed by atoms with E-state index in [2.05, 4.69) is 33.9 Å². The van der Waals surface area contributed by atoms with E-state index in [1.807, 2.05) is 42.5 Å². The predicted molar refractivity (Wildman–Crippen MR) is 122 cm³/mol. The molecule has 0 aromatic heterocycles. The van der Waals surface area contributed by atoms with E-state index in [1.54, 1.807) is 4.90 Å². The van der Waals surface area contributed by atoms with E-state index in [0.717, 1.165) is 5.56 Å². The number of piperidine rings is 1. The van der Waals surface area contributed by atoms with Crippen molar-refractivity contribution in [2.75, 3.05) is 20.3 Å². The third kappa shape index (κ3) is 5.04. The molecule has 3 aliphatic rings. The second-order valence-electron chi connectivity index (χ2n) is 10.0. The molecule has 1 aromatic carbocycles. The van der Waals surface area contributed by atoms with E-state index in [-0.39, 0.29) is 47.5 Å². The van der Waals surface area contributed by atoms with E-state index in [0.29, 0.717) is 13.2 Å². The van der Waals surface area contributed by atoms with Crippen LogP contribution < -0.4 is 0 Å². The van der Waals surface area contributed by atoms with Crippen LogP contribution in [0, 0.1) is 17.8 Å². The molecule has 2 aliphatic heterocycles. The minimum absolute atomic E-state index is 0.0611. The van der Waals surface area contributed by atoms with Gasteiger partial charge in [-0.15, -0.1) is 0 Å². The Labute approximate surface area is 186 Å². The van der Waals surface area contributed by atoms with Gasteiger partial charge in [-0.1, -0.05) is 63.3 Å². The number of hydrogen-bond donors (Lipinski definition) is 0. The van der Waals surface area contributed by atoms with Gasteiger partial charge in [-0.3, -0.25) is 4.79 Å². The monoisotopic (exact) mass is 445 g/mol. The maximum atomic E-state index is 12.9. The number of nitrogens with zero attached hydrogens (tertiary/aromatic N) is 1. The lowest BCUT2D eigenvalue weighted by atomic mass is 9.69. The van der Waals surface area contributed by atoms with Gasteiger partial charge < -0.3 is 18.8 Å². The zero-order valence-electron chi connectivity index (χ0n) is 19.5. The third-order valence-corrected chi connectivity index (χ3v) is 11.5. The number of methoxy groups -OCH3 is 1. The summed E-state index contributed by atoms with van der Waals surface area (Å²) in [7, 11) is -0.588. The van der Waals surface area contributed by atoms with Crippen molar-refractivity contribution in [3.05, 3.63) is 48.0 Å². The van der Waals surface area contributed by atoms with E-state index < -0.39 is 8.32 Å². The Hall–Kier alpha value is -2.12. The Balaban J connectivity index is 1.75. The third-order valence-electron chi connectivity index (χ3n) is 7.04. The predicted octanol–water partition coefficient (Wildman–Crippen LogP) is 4.62. The number of hydrogen-bond acceptors (Lipinski definition) is 5. The van der Waals surface area contributed by atoms with Gasteiger partial charge in [0, 0.05) is 25.0 Å². The largest absolute Gasteiger partial charge is 0.469 e. The first-order valence-electron chi connectivity index (χ1n) is 10.9. The zero-order valence-corrected chi connectivity index (χ0v) is 20.5. The van der Waals surface area contributed by atoms with Gasteiger partial charge in [-0.05, 0) is 23.7 Å². The van der Waals surface area contributed by atoms with Gasteiger partial charge in [0.1, 0.15) is 6.61 Å². The minimum Gasteiger partial charge on any atom is -0.469 e. The smallest absolute Gasteiger partial charge is 0.410 e. The summed E-state index contributed by atoms with van der Waals surface area (Å²) in [5.74, 6) is -0.812. The number of amides is 1. The van der Waals surface area contributed by atoms with Crippen LogP contribution in [0.2, 0.25) is 18.1 Å². The molecule has 2 heterocycles. The summed E-state index contributed by atoms with van der Waals surface area (Å²) in [5, 5.41) is 0.0611. The normalized spacial score (nSPS) is 25.4. The van der Waals surface area contributed by atoms with Crippen LogP contribution in [-0.2, 0) is 25.3 Å². The Morgan fingerprint density at radius 1 is 1.13 bits per heavy atom. The lowest BCUT2D eigenvalue weighted by Gasteiger charge is -2.50. The summed E-state index contributed by atoms with van der Waals surface area (Å²) in [5.41, 5.74) is 0.943. The van der Waals surface area contributed by atoms with Gasteiger partial charge in [0.05, 0.1) is 19.1 Å². The number of benzene rings is 1. The SMILES string of the molecule is COC(=O)C1[C@@H]2C=C[C@H]([C@H]1CO[Si](C)(C)C(C)(C)C)N(C(=O)OCc1ccccc1)C2. The standard InChI is InChI=1S/C24H35NO5Si/c1-24(2,3)31(5,6)30-16-19-20-13-12-18(21(19)22(26)28-4)14-25(20)23(27)29-15-17-10-8-7-9-11-17/h7-13,18-21H,14-16H2,1-6H3/t18-,19-,20-,21?/m1/s1. The summed E-state index contributed by atoms with van der Waals surface area (Å²) in [6.45, 7) is 12.1. The van der Waals surface area contributed by atoms with Crippen molar-refractivity contribution in [2.24, 2.45) is 17.8 Å². The van der Waals surface area contributed by atoms with E-state index >= 15 is 0 Å². The number of esters is 1. The van der Waals surface area contributed by atoms with Crippen LogP contribution in [0.4, 0.5) is 4.79 Å². The molecule has 1 aromatic rings. The molecule has 0 spiro atoms. The Bertz CT molecular complexity index is 817. The minimum atomic E-state index is -2.01. The first-order chi connectivity index (χ1) is 14.5. The van der Waals surface area contributed by atoms with Gasteiger partial charge in [-0.2, -0.15) is 0 Å². The molecule has 1 fully saturated rings. The second-order valence-corrected chi connectivity index (χ2v) is 14.8. The summed E-state index contributed by atoms with van der Waals surface area (Å²) >= 11 is 0. The molecule has 0 radical (unpaired) electrons. The lowest BCUT2D eigenvalue weighted by Crippen LogP contribution is -2.60. The van der Waals surface area contributed by atoms with Crippen molar-refractivity contribution >= 4 is 20.4 Å². The summed E-state index contributed by atoms with van der Waals surface area (Å²) in [6, 6.07) is 9.38. The molecule has 0 N–H and O–H groups in total. The van der Waals surface area contributed by atoms with Crippen LogP contribution in [0.25, 0.3) is 0 Å². The molecular formula is C24H35NO5Si. The van der Waals surface area contributed by atoms with Crippen LogP contribution in [0.15, 0.2) is 42.5 Å². The number of carbonyl (C=O) groups excluding carboxylic acids is 2. The lowest BCUT2D eigenvalue weighted by molar-refractivity contribution is -0.154. The van der Waals surface area contributed by atoms with Crippen molar-refractivity contribution in [3.8, 4) is 0 Å². The average molecular weight is 446 g/mol. The van der Waals surface area contributed by atoms with E-state index in [4.69, 9.17) is 13.9 Å². The summed E-state index contributed by atoms with van der Waals surface area (Å²) in [4.78, 5) is 27.3. The Kier molecular flexibility index (Phi) is 6.96. The molecule has 1 amide bonds. The number of fused-ring (bicyclic) bond motifs is 2. The topological polar surface area (TPSA) is 65.1 Å². The molecule has 2 bridgehead atoms. The molecular weight excluding hydrogens is 410 g/mol. The van der Waals surface area contributed by atoms with Gasteiger partial charge in [0.25, 0.3) is 0 Å². The first kappa shape index (κ1) is 23.5. The molecule has 7 heteroatoms. The van der Waals surface area contributed by atoms with Crippen molar-refractivity contribution in [1.82, 2.24) is 4.90 Å². The quantitative estimate of drug-likeness (QED) is 0.363. The van der Waals surface area contributed by atoms with Gasteiger partial charge in [-0.25, -0.2) is 4.79 Å². The maximum absolute atomic E-state index is 12.9. The first-order valence-corrected chi connectivity index (χ1v) is 13.8. The average Bonchev–Trinajstić information content (AvgIpc) is 2.75. The highest BCUT2D eigenvalue weighted by Crippen LogP contribution is 2.43. The van der Waals surface area contributed by atoms with E-state index in [9.17, 15) is 9.59 Å². The molecule has 4 rings (SSSR count). The van der Waals surface area contributed by atoms with Crippen LogP contribution in [0.3, 0.4) is 0 Å². The molecule has 170 valence electrons. The highest BCUT2D eigenvalue weighted by atomic mass is 28.4. The Morgan fingerprint density at radius 2 is 1.81 bits per heavy atom. The van der Waals surface area contributed by atoms with Crippen molar-refractivity contribution < 1.29 is 23.5 Å². The molecule has 4 atom stereocenters. The second kappa shape index (κ2) is 9.16. The van der Waals surface area contributed by atoms with Crippen LogP contribution in [0.1, 0.15) is 26.3 Å².